The van der Waals surface area contributed by atoms with Crippen LogP contribution in [0.3, 0.4) is 0 Å². The van der Waals surface area contributed by atoms with Crippen LogP contribution >= 0.6 is 27.5 Å². The van der Waals surface area contributed by atoms with E-state index in [0.29, 0.717) is 11.6 Å². The normalized spacial score (nSPS) is 10.3. The Bertz CT molecular complexity index is 531. The zero-order chi connectivity index (χ0) is 12.3. The van der Waals surface area contributed by atoms with E-state index in [0.717, 1.165) is 21.3 Å². The van der Waals surface area contributed by atoms with E-state index in [9.17, 15) is 0 Å². The van der Waals surface area contributed by atoms with E-state index in [2.05, 4.69) is 20.9 Å². The fraction of sp³-hybridized carbons (Fsp3) is 0.154. The van der Waals surface area contributed by atoms with Crippen LogP contribution in [0.1, 0.15) is 11.1 Å². The van der Waals surface area contributed by atoms with E-state index in [1.807, 2.05) is 31.2 Å². The van der Waals surface area contributed by atoms with Gasteiger partial charge in [0.25, 0.3) is 0 Å². The molecule has 0 aliphatic rings. The van der Waals surface area contributed by atoms with Gasteiger partial charge in [0.15, 0.2) is 0 Å². The van der Waals surface area contributed by atoms with Gasteiger partial charge in [-0.25, -0.2) is 0 Å². The summed E-state index contributed by atoms with van der Waals surface area (Å²) in [6.45, 7) is 2.45. The number of benzene rings is 1. The molecule has 2 rings (SSSR count). The number of rotatable bonds is 3. The third-order valence-corrected chi connectivity index (χ3v) is 3.22. The molecular weight excluding hydrogens is 302 g/mol. The number of halogens is 2. The highest BCUT2D eigenvalue weighted by Crippen LogP contribution is 2.24. The molecule has 0 fully saturated rings. The standard InChI is InChI=1S/C13H11BrClNO/c1-9-2-3-11(14)6-13(9)17-8-10-4-5-16-7-12(10)15/h2-7H,8H2,1H3. The maximum Gasteiger partial charge on any atom is 0.123 e. The molecule has 1 aromatic carbocycles. The summed E-state index contributed by atoms with van der Waals surface area (Å²) >= 11 is 9.43. The molecule has 0 amide bonds. The van der Waals surface area contributed by atoms with Crippen LogP contribution in [-0.4, -0.2) is 4.98 Å². The van der Waals surface area contributed by atoms with Crippen LogP contribution < -0.4 is 4.74 Å². The third-order valence-electron chi connectivity index (χ3n) is 2.39. The molecule has 0 aliphatic heterocycles. The van der Waals surface area contributed by atoms with Crippen molar-refractivity contribution in [2.75, 3.05) is 0 Å². The van der Waals surface area contributed by atoms with Crippen molar-refractivity contribution in [2.45, 2.75) is 13.5 Å². The van der Waals surface area contributed by atoms with Crippen molar-refractivity contribution in [1.29, 1.82) is 0 Å². The quantitative estimate of drug-likeness (QED) is 0.839. The van der Waals surface area contributed by atoms with Crippen molar-refractivity contribution in [2.24, 2.45) is 0 Å². The fourth-order valence-corrected chi connectivity index (χ4v) is 1.92. The highest BCUT2D eigenvalue weighted by atomic mass is 79.9. The minimum atomic E-state index is 0.443. The lowest BCUT2D eigenvalue weighted by Gasteiger charge is -2.10. The summed E-state index contributed by atoms with van der Waals surface area (Å²) < 4.78 is 6.74. The van der Waals surface area contributed by atoms with Gasteiger partial charge in [0.1, 0.15) is 12.4 Å². The van der Waals surface area contributed by atoms with Gasteiger partial charge < -0.3 is 4.74 Å². The van der Waals surface area contributed by atoms with Crippen molar-refractivity contribution in [1.82, 2.24) is 4.98 Å². The number of ether oxygens (including phenoxy) is 1. The Balaban J connectivity index is 2.12. The van der Waals surface area contributed by atoms with Crippen molar-refractivity contribution in [3.63, 3.8) is 0 Å². The summed E-state index contributed by atoms with van der Waals surface area (Å²) in [7, 11) is 0. The first kappa shape index (κ1) is 12.4. The molecule has 0 saturated carbocycles. The average molecular weight is 313 g/mol. The first-order valence-corrected chi connectivity index (χ1v) is 6.31. The molecule has 1 aromatic heterocycles. The molecule has 1 heterocycles. The number of pyridine rings is 1. The Morgan fingerprint density at radius 1 is 1.35 bits per heavy atom. The zero-order valence-electron chi connectivity index (χ0n) is 9.28. The van der Waals surface area contributed by atoms with E-state index in [1.165, 1.54) is 0 Å². The Labute approximate surface area is 114 Å². The molecule has 0 N–H and O–H groups in total. The molecule has 0 bridgehead atoms. The zero-order valence-corrected chi connectivity index (χ0v) is 11.6. The molecule has 0 aliphatic carbocycles. The van der Waals surface area contributed by atoms with E-state index in [1.54, 1.807) is 12.4 Å². The van der Waals surface area contributed by atoms with Crippen molar-refractivity contribution < 1.29 is 4.74 Å². The van der Waals surface area contributed by atoms with E-state index < -0.39 is 0 Å². The summed E-state index contributed by atoms with van der Waals surface area (Å²) in [4.78, 5) is 3.94. The predicted octanol–water partition coefficient (Wildman–Crippen LogP) is 4.38. The van der Waals surface area contributed by atoms with E-state index in [4.69, 9.17) is 16.3 Å². The van der Waals surface area contributed by atoms with Gasteiger partial charge in [-0.3, -0.25) is 4.98 Å². The SMILES string of the molecule is Cc1ccc(Br)cc1OCc1ccncc1Cl. The fourth-order valence-electron chi connectivity index (χ4n) is 1.41. The smallest absolute Gasteiger partial charge is 0.123 e. The summed E-state index contributed by atoms with van der Waals surface area (Å²) in [5.74, 6) is 0.854. The second-order valence-corrected chi connectivity index (χ2v) is 4.99. The first-order chi connectivity index (χ1) is 8.16. The van der Waals surface area contributed by atoms with Crippen molar-refractivity contribution in [3.8, 4) is 5.75 Å². The molecule has 4 heteroatoms. The Kier molecular flexibility index (Phi) is 4.02. The van der Waals surface area contributed by atoms with Gasteiger partial charge in [-0.1, -0.05) is 33.6 Å². The van der Waals surface area contributed by atoms with Crippen LogP contribution in [-0.2, 0) is 6.61 Å². The minimum Gasteiger partial charge on any atom is -0.489 e. The predicted molar refractivity (Wildman–Crippen MR) is 72.5 cm³/mol. The molecule has 0 spiro atoms. The molecule has 0 atom stereocenters. The average Bonchev–Trinajstić information content (AvgIpc) is 2.32. The molecule has 17 heavy (non-hydrogen) atoms. The van der Waals surface area contributed by atoms with Gasteiger partial charge in [0.2, 0.25) is 0 Å². The topological polar surface area (TPSA) is 22.1 Å². The van der Waals surface area contributed by atoms with Crippen LogP contribution in [0.4, 0.5) is 0 Å². The van der Waals surface area contributed by atoms with E-state index >= 15 is 0 Å². The van der Waals surface area contributed by atoms with Crippen molar-refractivity contribution in [3.05, 3.63) is 57.3 Å². The number of nitrogens with zero attached hydrogens (tertiary/aromatic N) is 1. The second-order valence-electron chi connectivity index (χ2n) is 3.67. The second kappa shape index (κ2) is 5.52. The van der Waals surface area contributed by atoms with Gasteiger partial charge in [-0.05, 0) is 30.7 Å². The molecule has 0 saturated heterocycles. The monoisotopic (exact) mass is 311 g/mol. The van der Waals surface area contributed by atoms with Crippen LogP contribution in [0.5, 0.6) is 5.75 Å². The summed E-state index contributed by atoms with van der Waals surface area (Å²) in [6, 6.07) is 7.80. The highest BCUT2D eigenvalue weighted by molar-refractivity contribution is 9.10. The number of hydrogen-bond donors (Lipinski definition) is 0. The molecule has 0 unspecified atom stereocenters. The van der Waals surface area contributed by atoms with E-state index in [-0.39, 0.29) is 0 Å². The summed E-state index contributed by atoms with van der Waals surface area (Å²) in [6.07, 6.45) is 3.33. The molecule has 2 nitrogen and oxygen atoms in total. The van der Waals surface area contributed by atoms with Crippen LogP contribution in [0.15, 0.2) is 41.1 Å². The maximum absolute atomic E-state index is 6.01. The van der Waals surface area contributed by atoms with Gasteiger partial charge >= 0.3 is 0 Å². The van der Waals surface area contributed by atoms with Crippen LogP contribution in [0.25, 0.3) is 0 Å². The Morgan fingerprint density at radius 2 is 2.18 bits per heavy atom. The number of aromatic nitrogens is 1. The van der Waals surface area contributed by atoms with Crippen LogP contribution in [0, 0.1) is 6.92 Å². The van der Waals surface area contributed by atoms with Gasteiger partial charge in [0, 0.05) is 22.4 Å². The van der Waals surface area contributed by atoms with Crippen molar-refractivity contribution >= 4 is 27.5 Å². The minimum absolute atomic E-state index is 0.443. The number of hydrogen-bond acceptors (Lipinski definition) is 2. The van der Waals surface area contributed by atoms with Crippen LogP contribution in [0.2, 0.25) is 5.02 Å². The Hall–Kier alpha value is -1.06. The highest BCUT2D eigenvalue weighted by Gasteiger charge is 2.03. The van der Waals surface area contributed by atoms with Gasteiger partial charge in [-0.15, -0.1) is 0 Å². The lowest BCUT2D eigenvalue weighted by Crippen LogP contribution is -1.98. The summed E-state index contributed by atoms with van der Waals surface area (Å²) in [5.41, 5.74) is 2.03. The lowest BCUT2D eigenvalue weighted by atomic mass is 10.2. The number of aryl methyl sites for hydroxylation is 1. The maximum atomic E-state index is 6.01. The largest absolute Gasteiger partial charge is 0.489 e. The summed E-state index contributed by atoms with van der Waals surface area (Å²) in [5, 5.41) is 0.625. The molecular formula is C13H11BrClNO. The molecule has 0 radical (unpaired) electrons. The van der Waals surface area contributed by atoms with Gasteiger partial charge in [-0.2, -0.15) is 0 Å². The molecule has 2 aromatic rings. The third kappa shape index (κ3) is 3.20. The van der Waals surface area contributed by atoms with Gasteiger partial charge in [0.05, 0.1) is 5.02 Å². The lowest BCUT2D eigenvalue weighted by molar-refractivity contribution is 0.304. The molecule has 88 valence electrons. The first-order valence-electron chi connectivity index (χ1n) is 5.14. The Morgan fingerprint density at radius 3 is 2.94 bits per heavy atom.